The molecule has 1 rings (SSSR count). The zero-order chi connectivity index (χ0) is 13.4. The van der Waals surface area contributed by atoms with Crippen molar-refractivity contribution in [3.8, 4) is 5.88 Å². The summed E-state index contributed by atoms with van der Waals surface area (Å²) < 4.78 is 5.80. The Kier molecular flexibility index (Phi) is 6.47. The Hall–Kier alpha value is -1.32. The number of ether oxygens (including phenoxy) is 1. The predicted octanol–water partition coefficient (Wildman–Crippen LogP) is 3.29. The fourth-order valence-corrected chi connectivity index (χ4v) is 1.71. The standard InChI is InChI=1S/C14H25N3O/c1-5-7-12-13(15-6-2)16-10-17-14(12)18-9-8-11(3)4/h10-11H,5-9H2,1-4H3,(H,15,16,17). The van der Waals surface area contributed by atoms with Crippen LogP contribution in [0.1, 0.15) is 46.1 Å². The Labute approximate surface area is 110 Å². The lowest BCUT2D eigenvalue weighted by molar-refractivity contribution is 0.276. The van der Waals surface area contributed by atoms with Crippen LogP contribution in [0.2, 0.25) is 0 Å². The maximum atomic E-state index is 5.80. The highest BCUT2D eigenvalue weighted by atomic mass is 16.5. The SMILES string of the molecule is CCCc1c(NCC)ncnc1OCCC(C)C. The van der Waals surface area contributed by atoms with Crippen LogP contribution in [0.15, 0.2) is 6.33 Å². The molecular weight excluding hydrogens is 226 g/mol. The molecule has 18 heavy (non-hydrogen) atoms. The third-order valence-corrected chi connectivity index (χ3v) is 2.68. The molecule has 0 aromatic carbocycles. The summed E-state index contributed by atoms with van der Waals surface area (Å²) in [5.41, 5.74) is 1.10. The molecule has 0 aliphatic rings. The van der Waals surface area contributed by atoms with Crippen LogP contribution in [-0.2, 0) is 6.42 Å². The Morgan fingerprint density at radius 3 is 2.67 bits per heavy atom. The molecule has 0 spiro atoms. The van der Waals surface area contributed by atoms with Gasteiger partial charge < -0.3 is 10.1 Å². The van der Waals surface area contributed by atoms with Gasteiger partial charge in [0, 0.05) is 6.54 Å². The Morgan fingerprint density at radius 2 is 2.06 bits per heavy atom. The smallest absolute Gasteiger partial charge is 0.221 e. The van der Waals surface area contributed by atoms with Gasteiger partial charge in [-0.3, -0.25) is 0 Å². The van der Waals surface area contributed by atoms with Gasteiger partial charge in [0.15, 0.2) is 0 Å². The van der Waals surface area contributed by atoms with E-state index < -0.39 is 0 Å². The third kappa shape index (κ3) is 4.51. The molecule has 0 saturated heterocycles. The van der Waals surface area contributed by atoms with Crippen molar-refractivity contribution in [1.82, 2.24) is 9.97 Å². The van der Waals surface area contributed by atoms with Crippen molar-refractivity contribution in [2.75, 3.05) is 18.5 Å². The maximum Gasteiger partial charge on any atom is 0.221 e. The van der Waals surface area contributed by atoms with Crippen molar-refractivity contribution >= 4 is 5.82 Å². The van der Waals surface area contributed by atoms with E-state index in [4.69, 9.17) is 4.74 Å². The van der Waals surface area contributed by atoms with Gasteiger partial charge >= 0.3 is 0 Å². The molecule has 1 N–H and O–H groups in total. The van der Waals surface area contributed by atoms with Gasteiger partial charge in [0.1, 0.15) is 12.1 Å². The van der Waals surface area contributed by atoms with Gasteiger partial charge in [0.2, 0.25) is 5.88 Å². The average molecular weight is 251 g/mol. The number of hydrogen-bond acceptors (Lipinski definition) is 4. The second-order valence-corrected chi connectivity index (χ2v) is 4.82. The lowest BCUT2D eigenvalue weighted by Crippen LogP contribution is -2.09. The average Bonchev–Trinajstić information content (AvgIpc) is 2.33. The van der Waals surface area contributed by atoms with E-state index in [1.807, 2.05) is 0 Å². The highest BCUT2D eigenvalue weighted by molar-refractivity contribution is 5.48. The summed E-state index contributed by atoms with van der Waals surface area (Å²) in [6, 6.07) is 0. The van der Waals surface area contributed by atoms with E-state index in [9.17, 15) is 0 Å². The summed E-state index contributed by atoms with van der Waals surface area (Å²) >= 11 is 0. The van der Waals surface area contributed by atoms with Crippen LogP contribution in [0.5, 0.6) is 5.88 Å². The van der Waals surface area contributed by atoms with E-state index in [-0.39, 0.29) is 0 Å². The molecule has 0 bridgehead atoms. The Bertz CT molecular complexity index is 353. The van der Waals surface area contributed by atoms with Gasteiger partial charge in [-0.1, -0.05) is 27.2 Å². The number of nitrogens with zero attached hydrogens (tertiary/aromatic N) is 2. The Balaban J connectivity index is 2.77. The maximum absolute atomic E-state index is 5.80. The fourth-order valence-electron chi connectivity index (χ4n) is 1.71. The van der Waals surface area contributed by atoms with E-state index >= 15 is 0 Å². The molecule has 4 nitrogen and oxygen atoms in total. The van der Waals surface area contributed by atoms with Gasteiger partial charge in [0.25, 0.3) is 0 Å². The van der Waals surface area contributed by atoms with Crippen molar-refractivity contribution in [3.05, 3.63) is 11.9 Å². The van der Waals surface area contributed by atoms with Crippen LogP contribution in [0, 0.1) is 5.92 Å². The molecule has 1 heterocycles. The summed E-state index contributed by atoms with van der Waals surface area (Å²) in [5.74, 6) is 2.30. The first-order valence-corrected chi connectivity index (χ1v) is 6.89. The molecule has 0 saturated carbocycles. The molecule has 0 unspecified atom stereocenters. The fraction of sp³-hybridized carbons (Fsp3) is 0.714. The normalized spacial score (nSPS) is 10.7. The molecule has 0 fully saturated rings. The van der Waals surface area contributed by atoms with Crippen LogP contribution < -0.4 is 10.1 Å². The second-order valence-electron chi connectivity index (χ2n) is 4.82. The minimum atomic E-state index is 0.648. The summed E-state index contributed by atoms with van der Waals surface area (Å²) in [6.07, 6.45) is 4.63. The first-order chi connectivity index (χ1) is 8.69. The molecule has 102 valence electrons. The van der Waals surface area contributed by atoms with Crippen molar-refractivity contribution < 1.29 is 4.74 Å². The topological polar surface area (TPSA) is 47.0 Å². The summed E-state index contributed by atoms with van der Waals surface area (Å²) in [7, 11) is 0. The number of rotatable bonds is 8. The van der Waals surface area contributed by atoms with E-state index in [0.717, 1.165) is 49.7 Å². The highest BCUT2D eigenvalue weighted by Gasteiger charge is 2.11. The summed E-state index contributed by atoms with van der Waals surface area (Å²) in [5, 5.41) is 3.27. The molecule has 1 aromatic rings. The zero-order valence-electron chi connectivity index (χ0n) is 12.0. The van der Waals surface area contributed by atoms with Crippen molar-refractivity contribution in [1.29, 1.82) is 0 Å². The van der Waals surface area contributed by atoms with Crippen molar-refractivity contribution in [3.63, 3.8) is 0 Å². The highest BCUT2D eigenvalue weighted by Crippen LogP contribution is 2.23. The molecule has 0 aliphatic heterocycles. The largest absolute Gasteiger partial charge is 0.477 e. The quantitative estimate of drug-likeness (QED) is 0.770. The minimum absolute atomic E-state index is 0.648. The zero-order valence-corrected chi connectivity index (χ0v) is 12.0. The van der Waals surface area contributed by atoms with Gasteiger partial charge in [-0.25, -0.2) is 9.97 Å². The monoisotopic (exact) mass is 251 g/mol. The van der Waals surface area contributed by atoms with E-state index in [1.165, 1.54) is 0 Å². The van der Waals surface area contributed by atoms with Crippen molar-refractivity contribution in [2.45, 2.75) is 47.0 Å². The van der Waals surface area contributed by atoms with Crippen molar-refractivity contribution in [2.24, 2.45) is 5.92 Å². The molecule has 0 aliphatic carbocycles. The molecule has 4 heteroatoms. The Morgan fingerprint density at radius 1 is 1.28 bits per heavy atom. The molecule has 1 aromatic heterocycles. The first kappa shape index (κ1) is 14.7. The summed E-state index contributed by atoms with van der Waals surface area (Å²) in [4.78, 5) is 8.55. The lowest BCUT2D eigenvalue weighted by Gasteiger charge is -2.14. The molecular formula is C14H25N3O. The van der Waals surface area contributed by atoms with Crippen LogP contribution in [0.25, 0.3) is 0 Å². The molecule has 0 atom stereocenters. The van der Waals surface area contributed by atoms with Crippen LogP contribution in [0.3, 0.4) is 0 Å². The predicted molar refractivity (Wildman–Crippen MR) is 75.1 cm³/mol. The van der Waals surface area contributed by atoms with Gasteiger partial charge in [0.05, 0.1) is 12.2 Å². The third-order valence-electron chi connectivity index (χ3n) is 2.68. The minimum Gasteiger partial charge on any atom is -0.477 e. The van der Waals surface area contributed by atoms with Gasteiger partial charge in [-0.05, 0) is 25.7 Å². The first-order valence-electron chi connectivity index (χ1n) is 6.89. The van der Waals surface area contributed by atoms with Crippen LogP contribution in [0.4, 0.5) is 5.82 Å². The van der Waals surface area contributed by atoms with E-state index in [0.29, 0.717) is 5.92 Å². The van der Waals surface area contributed by atoms with Gasteiger partial charge in [-0.15, -0.1) is 0 Å². The molecule has 0 radical (unpaired) electrons. The number of nitrogens with one attached hydrogen (secondary N) is 1. The number of hydrogen-bond donors (Lipinski definition) is 1. The summed E-state index contributed by atoms with van der Waals surface area (Å²) in [6.45, 7) is 10.2. The van der Waals surface area contributed by atoms with Gasteiger partial charge in [-0.2, -0.15) is 0 Å². The molecule has 0 amide bonds. The second kappa shape index (κ2) is 7.90. The lowest BCUT2D eigenvalue weighted by atomic mass is 10.1. The van der Waals surface area contributed by atoms with E-state index in [2.05, 4.69) is 43.0 Å². The van der Waals surface area contributed by atoms with Crippen LogP contribution >= 0.6 is 0 Å². The number of aromatic nitrogens is 2. The number of anilines is 1. The van der Waals surface area contributed by atoms with E-state index in [1.54, 1.807) is 6.33 Å². The van der Waals surface area contributed by atoms with Crippen LogP contribution in [-0.4, -0.2) is 23.1 Å².